The summed E-state index contributed by atoms with van der Waals surface area (Å²) in [6.45, 7) is 3.11. The van der Waals surface area contributed by atoms with E-state index in [1.165, 1.54) is 25.7 Å². The normalized spacial score (nSPS) is 18.0. The number of nitrogens with zero attached hydrogens (tertiary/aromatic N) is 3. The Bertz CT molecular complexity index is 742. The molecule has 1 aromatic heterocycles. The van der Waals surface area contributed by atoms with E-state index in [1.807, 2.05) is 24.3 Å². The molecule has 25 heavy (non-hydrogen) atoms. The summed E-state index contributed by atoms with van der Waals surface area (Å²) in [5, 5.41) is 16.2. The molecule has 4 rings (SSSR count). The van der Waals surface area contributed by atoms with E-state index in [9.17, 15) is 5.11 Å². The Hall–Kier alpha value is -2.21. The van der Waals surface area contributed by atoms with Crippen molar-refractivity contribution in [1.29, 1.82) is 0 Å². The van der Waals surface area contributed by atoms with E-state index in [1.54, 1.807) is 0 Å². The summed E-state index contributed by atoms with van der Waals surface area (Å²) in [6.07, 6.45) is 5.12. The van der Waals surface area contributed by atoms with Gasteiger partial charge in [0.25, 0.3) is 0 Å². The van der Waals surface area contributed by atoms with E-state index in [-0.39, 0.29) is 6.61 Å². The summed E-state index contributed by atoms with van der Waals surface area (Å²) in [5.41, 5.74) is 1.75. The van der Waals surface area contributed by atoms with E-state index >= 15 is 0 Å². The van der Waals surface area contributed by atoms with Crippen molar-refractivity contribution in [2.24, 2.45) is 11.8 Å². The molecular weight excluding hydrogens is 314 g/mol. The van der Waals surface area contributed by atoms with Crippen LogP contribution >= 0.6 is 0 Å². The van der Waals surface area contributed by atoms with Gasteiger partial charge < -0.3 is 15.7 Å². The van der Waals surface area contributed by atoms with Gasteiger partial charge in [0.15, 0.2) is 5.82 Å². The molecule has 0 radical (unpaired) electrons. The summed E-state index contributed by atoms with van der Waals surface area (Å²) in [6, 6.07) is 8.07. The van der Waals surface area contributed by atoms with Gasteiger partial charge in [-0.3, -0.25) is 0 Å². The maximum absolute atomic E-state index is 9.38. The number of rotatable bonds is 8. The molecule has 6 heteroatoms. The fraction of sp³-hybridized carbons (Fsp3) is 0.526. The van der Waals surface area contributed by atoms with E-state index in [0.717, 1.165) is 29.5 Å². The van der Waals surface area contributed by atoms with Crippen LogP contribution in [0, 0.1) is 11.8 Å². The molecule has 3 N–H and O–H groups in total. The first-order valence-electron chi connectivity index (χ1n) is 9.18. The second-order valence-corrected chi connectivity index (χ2v) is 7.26. The molecule has 1 aromatic carbocycles. The van der Waals surface area contributed by atoms with Crippen molar-refractivity contribution in [2.75, 3.05) is 17.2 Å². The third-order valence-corrected chi connectivity index (χ3v) is 4.93. The Labute approximate surface area is 148 Å². The molecule has 0 saturated heterocycles. The Balaban J connectivity index is 1.61. The number of aromatic nitrogens is 3. The summed E-state index contributed by atoms with van der Waals surface area (Å²) >= 11 is 0. The third kappa shape index (κ3) is 4.25. The molecule has 2 aliphatic carbocycles. The lowest BCUT2D eigenvalue weighted by atomic mass is 10.1. The molecule has 2 fully saturated rings. The highest BCUT2D eigenvalue weighted by Gasteiger charge is 2.28. The van der Waals surface area contributed by atoms with Crippen molar-refractivity contribution in [1.82, 2.24) is 15.0 Å². The van der Waals surface area contributed by atoms with Crippen LogP contribution in [0.1, 0.15) is 38.2 Å². The largest absolute Gasteiger partial charge is 0.392 e. The van der Waals surface area contributed by atoms with Crippen molar-refractivity contribution in [3.63, 3.8) is 0 Å². The lowest BCUT2D eigenvalue weighted by Crippen LogP contribution is -2.20. The van der Waals surface area contributed by atoms with E-state index in [0.29, 0.717) is 23.8 Å². The summed E-state index contributed by atoms with van der Waals surface area (Å²) in [4.78, 5) is 13.8. The fourth-order valence-corrected chi connectivity index (χ4v) is 2.93. The van der Waals surface area contributed by atoms with Crippen LogP contribution in [0.2, 0.25) is 0 Å². The number of anilines is 2. The fourth-order valence-electron chi connectivity index (χ4n) is 2.93. The second kappa shape index (κ2) is 6.96. The highest BCUT2D eigenvalue weighted by atomic mass is 16.3. The van der Waals surface area contributed by atoms with Crippen molar-refractivity contribution in [2.45, 2.75) is 45.3 Å². The number of hydrogen-bond acceptors (Lipinski definition) is 6. The number of aliphatic hydroxyl groups is 1. The van der Waals surface area contributed by atoms with Crippen molar-refractivity contribution in [3.05, 3.63) is 29.8 Å². The zero-order valence-electron chi connectivity index (χ0n) is 14.6. The van der Waals surface area contributed by atoms with Crippen molar-refractivity contribution >= 4 is 11.9 Å². The molecule has 132 valence electrons. The molecular formula is C19H25N5O. The quantitative estimate of drug-likeness (QED) is 0.686. The molecule has 0 aliphatic heterocycles. The molecule has 6 nitrogen and oxygen atoms in total. The van der Waals surface area contributed by atoms with Crippen LogP contribution in [0.5, 0.6) is 0 Å². The predicted molar refractivity (Wildman–Crippen MR) is 98.2 cm³/mol. The molecule has 2 saturated carbocycles. The maximum Gasteiger partial charge on any atom is 0.228 e. The zero-order valence-corrected chi connectivity index (χ0v) is 14.6. The molecule has 0 spiro atoms. The first-order chi connectivity index (χ1) is 12.2. The first kappa shape index (κ1) is 16.3. The van der Waals surface area contributed by atoms with E-state index in [2.05, 4.69) is 32.5 Å². The molecule has 0 amide bonds. The van der Waals surface area contributed by atoms with Gasteiger partial charge in [-0.05, 0) is 56.1 Å². The minimum absolute atomic E-state index is 0.00946. The maximum atomic E-state index is 9.38. The molecule has 1 heterocycles. The summed E-state index contributed by atoms with van der Waals surface area (Å²) in [5.74, 6) is 3.35. The molecule has 0 bridgehead atoms. The Morgan fingerprint density at radius 3 is 2.64 bits per heavy atom. The Morgan fingerprint density at radius 1 is 1.12 bits per heavy atom. The average Bonchev–Trinajstić information content (AvgIpc) is 3.53. The molecule has 0 unspecified atom stereocenters. The molecule has 2 aromatic rings. The molecule has 1 atom stereocenters. The van der Waals surface area contributed by atoms with Gasteiger partial charge in [-0.1, -0.05) is 18.2 Å². The Kier molecular flexibility index (Phi) is 4.53. The lowest BCUT2D eigenvalue weighted by Gasteiger charge is -2.15. The standard InChI is InChI=1S/C19H25N5O/c1-12(15-7-8-15)21-19-23-17(16-4-2-3-14(9-16)11-25)22-18(24-19)20-10-13-5-6-13/h2-4,9,12-13,15,25H,5-8,10-11H2,1H3,(H2,20,21,22,23,24)/t12-/m1/s1. The minimum Gasteiger partial charge on any atom is -0.392 e. The van der Waals surface area contributed by atoms with Crippen LogP contribution in [0.15, 0.2) is 24.3 Å². The van der Waals surface area contributed by atoms with Gasteiger partial charge in [-0.15, -0.1) is 0 Å². The highest BCUT2D eigenvalue weighted by Crippen LogP contribution is 2.34. The molecule has 2 aliphatic rings. The topological polar surface area (TPSA) is 83.0 Å². The van der Waals surface area contributed by atoms with Gasteiger partial charge >= 0.3 is 0 Å². The smallest absolute Gasteiger partial charge is 0.228 e. The third-order valence-electron chi connectivity index (χ3n) is 4.93. The predicted octanol–water partition coefficient (Wildman–Crippen LogP) is 3.06. The minimum atomic E-state index is 0.00946. The van der Waals surface area contributed by atoms with Crippen LogP contribution in [-0.2, 0) is 6.61 Å². The average molecular weight is 339 g/mol. The highest BCUT2D eigenvalue weighted by molar-refractivity contribution is 5.59. The summed E-state index contributed by atoms with van der Waals surface area (Å²) in [7, 11) is 0. The van der Waals surface area contributed by atoms with Gasteiger partial charge in [-0.25, -0.2) is 0 Å². The van der Waals surface area contributed by atoms with Crippen molar-refractivity contribution in [3.8, 4) is 11.4 Å². The van der Waals surface area contributed by atoms with Crippen LogP contribution in [0.25, 0.3) is 11.4 Å². The van der Waals surface area contributed by atoms with E-state index < -0.39 is 0 Å². The van der Waals surface area contributed by atoms with Gasteiger partial charge in [0, 0.05) is 18.2 Å². The SMILES string of the molecule is C[C@@H](Nc1nc(NCC2CC2)nc(-c2cccc(CO)c2)n1)C1CC1. The monoisotopic (exact) mass is 339 g/mol. The summed E-state index contributed by atoms with van der Waals surface area (Å²) < 4.78 is 0. The lowest BCUT2D eigenvalue weighted by molar-refractivity contribution is 0.282. The number of nitrogens with one attached hydrogen (secondary N) is 2. The van der Waals surface area contributed by atoms with Gasteiger partial charge in [-0.2, -0.15) is 15.0 Å². The van der Waals surface area contributed by atoms with Gasteiger partial charge in [0.1, 0.15) is 0 Å². The van der Waals surface area contributed by atoms with Crippen LogP contribution in [0.3, 0.4) is 0 Å². The van der Waals surface area contributed by atoms with E-state index in [4.69, 9.17) is 0 Å². The zero-order chi connectivity index (χ0) is 17.2. The first-order valence-corrected chi connectivity index (χ1v) is 9.18. The number of benzene rings is 1. The second-order valence-electron chi connectivity index (χ2n) is 7.26. The van der Waals surface area contributed by atoms with Crippen LogP contribution < -0.4 is 10.6 Å². The Morgan fingerprint density at radius 2 is 1.92 bits per heavy atom. The van der Waals surface area contributed by atoms with Crippen LogP contribution in [-0.4, -0.2) is 32.6 Å². The number of hydrogen-bond donors (Lipinski definition) is 3. The number of aliphatic hydroxyl groups excluding tert-OH is 1. The van der Waals surface area contributed by atoms with Gasteiger partial charge in [0.2, 0.25) is 11.9 Å². The van der Waals surface area contributed by atoms with Gasteiger partial charge in [0.05, 0.1) is 6.61 Å². The van der Waals surface area contributed by atoms with Crippen molar-refractivity contribution < 1.29 is 5.11 Å². The van der Waals surface area contributed by atoms with Crippen LogP contribution in [0.4, 0.5) is 11.9 Å².